The van der Waals surface area contributed by atoms with Crippen LogP contribution in [0.1, 0.15) is 104 Å². The average Bonchev–Trinajstić information content (AvgIpc) is 2.46. The van der Waals surface area contributed by atoms with Crippen molar-refractivity contribution in [2.75, 3.05) is 0 Å². The van der Waals surface area contributed by atoms with Gasteiger partial charge < -0.3 is 0 Å². The minimum atomic E-state index is -2.52. The molecule has 0 fully saturated rings. The Hall–Kier alpha value is -0.280. The van der Waals surface area contributed by atoms with E-state index in [1.807, 2.05) is 13.8 Å². The highest BCUT2D eigenvalue weighted by atomic mass is 19.3. The van der Waals surface area contributed by atoms with Gasteiger partial charge in [-0.05, 0) is 25.7 Å². The Morgan fingerprint density at radius 3 is 1.05 bits per heavy atom. The Balaban J connectivity index is 3.47. The summed E-state index contributed by atoms with van der Waals surface area (Å²) in [5, 5.41) is 0. The molecule has 0 bridgehead atoms. The van der Waals surface area contributed by atoms with E-state index in [9.17, 15) is 17.6 Å². The molecule has 0 rings (SSSR count). The Bertz CT molecular complexity index is 225. The predicted molar refractivity (Wildman–Crippen MR) is 85.9 cm³/mol. The highest BCUT2D eigenvalue weighted by Crippen LogP contribution is 2.29. The Labute approximate surface area is 134 Å². The van der Waals surface area contributed by atoms with Crippen LogP contribution in [0.15, 0.2) is 0 Å². The Kier molecular flexibility index (Phi) is 12.0. The molecule has 0 N–H and O–H groups in total. The average molecular weight is 326 g/mol. The zero-order valence-corrected chi connectivity index (χ0v) is 14.4. The standard InChI is InChI=1S/C18H34F4/c1-3-5-13-17(19,20)15-11-9-7-8-10-12-16-18(21,22)14-6-4-2/h3-16H2,1-2H3. The number of alkyl halides is 4. The van der Waals surface area contributed by atoms with Crippen LogP contribution in [0.3, 0.4) is 0 Å². The van der Waals surface area contributed by atoms with Gasteiger partial charge in [0.1, 0.15) is 0 Å². The molecule has 0 saturated carbocycles. The van der Waals surface area contributed by atoms with Crippen molar-refractivity contribution in [3.8, 4) is 0 Å². The zero-order valence-electron chi connectivity index (χ0n) is 14.4. The number of hydrogen-bond acceptors (Lipinski definition) is 0. The molecule has 0 aliphatic carbocycles. The largest absolute Gasteiger partial charge is 0.248 e. The first-order valence-corrected chi connectivity index (χ1v) is 9.08. The van der Waals surface area contributed by atoms with Gasteiger partial charge in [0.15, 0.2) is 0 Å². The molecule has 0 amide bonds. The molecular formula is C18H34F4. The molecule has 4 heteroatoms. The van der Waals surface area contributed by atoms with Gasteiger partial charge in [0, 0.05) is 25.7 Å². The van der Waals surface area contributed by atoms with Crippen LogP contribution in [0.25, 0.3) is 0 Å². The molecule has 0 aliphatic rings. The number of unbranched alkanes of at least 4 members (excludes halogenated alkanes) is 7. The van der Waals surface area contributed by atoms with E-state index in [1.165, 1.54) is 0 Å². The van der Waals surface area contributed by atoms with E-state index in [4.69, 9.17) is 0 Å². The van der Waals surface area contributed by atoms with Crippen molar-refractivity contribution in [1.82, 2.24) is 0 Å². The molecule has 0 unspecified atom stereocenters. The lowest BCUT2D eigenvalue weighted by Gasteiger charge is -2.16. The second kappa shape index (κ2) is 12.2. The van der Waals surface area contributed by atoms with Crippen LogP contribution in [-0.2, 0) is 0 Å². The summed E-state index contributed by atoms with van der Waals surface area (Å²) in [6.07, 6.45) is 7.13. The minimum absolute atomic E-state index is 0.00363. The zero-order chi connectivity index (χ0) is 16.9. The first-order chi connectivity index (χ1) is 10.3. The van der Waals surface area contributed by atoms with E-state index < -0.39 is 11.8 Å². The number of hydrogen-bond donors (Lipinski definition) is 0. The summed E-state index contributed by atoms with van der Waals surface area (Å²) in [6.45, 7) is 3.84. The van der Waals surface area contributed by atoms with Crippen LogP contribution in [-0.4, -0.2) is 11.8 Å². The minimum Gasteiger partial charge on any atom is -0.207 e. The normalized spacial score (nSPS) is 12.8. The first kappa shape index (κ1) is 21.7. The van der Waals surface area contributed by atoms with Crippen molar-refractivity contribution in [3.63, 3.8) is 0 Å². The maximum Gasteiger partial charge on any atom is 0.248 e. The van der Waals surface area contributed by atoms with E-state index in [1.54, 1.807) is 0 Å². The van der Waals surface area contributed by atoms with E-state index in [0.717, 1.165) is 38.5 Å². The SMILES string of the molecule is CCCCC(F)(F)CCCCCCCCC(F)(F)CCCC. The molecule has 0 aromatic carbocycles. The molecule has 0 nitrogen and oxygen atoms in total. The van der Waals surface area contributed by atoms with Gasteiger partial charge >= 0.3 is 0 Å². The third kappa shape index (κ3) is 13.4. The van der Waals surface area contributed by atoms with Crippen molar-refractivity contribution in [2.45, 2.75) is 116 Å². The molecular weight excluding hydrogens is 292 g/mol. The van der Waals surface area contributed by atoms with Gasteiger partial charge in [0.2, 0.25) is 11.8 Å². The fourth-order valence-electron chi connectivity index (χ4n) is 2.60. The number of rotatable bonds is 15. The molecule has 0 aromatic rings. The van der Waals surface area contributed by atoms with E-state index in [0.29, 0.717) is 25.7 Å². The van der Waals surface area contributed by atoms with E-state index in [2.05, 4.69) is 0 Å². The van der Waals surface area contributed by atoms with Gasteiger partial charge in [-0.3, -0.25) is 0 Å². The smallest absolute Gasteiger partial charge is 0.207 e. The summed E-state index contributed by atoms with van der Waals surface area (Å²) in [5.74, 6) is -5.03. The van der Waals surface area contributed by atoms with E-state index >= 15 is 0 Å². The van der Waals surface area contributed by atoms with Crippen molar-refractivity contribution < 1.29 is 17.6 Å². The van der Waals surface area contributed by atoms with Crippen molar-refractivity contribution >= 4 is 0 Å². The van der Waals surface area contributed by atoms with Gasteiger partial charge in [0.05, 0.1) is 0 Å². The monoisotopic (exact) mass is 326 g/mol. The molecule has 22 heavy (non-hydrogen) atoms. The third-order valence-electron chi connectivity index (χ3n) is 4.13. The maximum absolute atomic E-state index is 13.4. The van der Waals surface area contributed by atoms with Gasteiger partial charge in [0.25, 0.3) is 0 Å². The highest BCUT2D eigenvalue weighted by Gasteiger charge is 2.27. The first-order valence-electron chi connectivity index (χ1n) is 9.08. The molecule has 134 valence electrons. The van der Waals surface area contributed by atoms with Gasteiger partial charge in [-0.25, -0.2) is 17.6 Å². The molecule has 0 heterocycles. The lowest BCUT2D eigenvalue weighted by molar-refractivity contribution is -0.0217. The summed E-state index contributed by atoms with van der Waals surface area (Å²) in [7, 11) is 0. The van der Waals surface area contributed by atoms with Crippen molar-refractivity contribution in [2.24, 2.45) is 0 Å². The quantitative estimate of drug-likeness (QED) is 0.213. The topological polar surface area (TPSA) is 0 Å². The molecule has 0 saturated heterocycles. The summed E-state index contributed by atoms with van der Waals surface area (Å²) < 4.78 is 53.6. The van der Waals surface area contributed by atoms with Crippen LogP contribution in [0.4, 0.5) is 17.6 Å². The fourth-order valence-corrected chi connectivity index (χ4v) is 2.60. The second-order valence-electron chi connectivity index (χ2n) is 6.54. The van der Waals surface area contributed by atoms with Crippen LogP contribution < -0.4 is 0 Å². The van der Waals surface area contributed by atoms with Gasteiger partial charge in [-0.1, -0.05) is 52.4 Å². The summed E-state index contributed by atoms with van der Waals surface area (Å²) in [5.41, 5.74) is 0. The van der Waals surface area contributed by atoms with Crippen LogP contribution in [0, 0.1) is 0 Å². The second-order valence-corrected chi connectivity index (χ2v) is 6.54. The predicted octanol–water partition coefficient (Wildman–Crippen LogP) is 7.76. The molecule has 0 aromatic heterocycles. The van der Waals surface area contributed by atoms with E-state index in [-0.39, 0.29) is 25.7 Å². The summed E-state index contributed by atoms with van der Waals surface area (Å²) in [6, 6.07) is 0. The van der Waals surface area contributed by atoms with Crippen molar-refractivity contribution in [1.29, 1.82) is 0 Å². The summed E-state index contributed by atoms with van der Waals surface area (Å²) >= 11 is 0. The van der Waals surface area contributed by atoms with Crippen LogP contribution >= 0.6 is 0 Å². The highest BCUT2D eigenvalue weighted by molar-refractivity contribution is 4.67. The Morgan fingerprint density at radius 2 is 0.727 bits per heavy atom. The molecule has 0 radical (unpaired) electrons. The van der Waals surface area contributed by atoms with Gasteiger partial charge in [-0.15, -0.1) is 0 Å². The number of halogens is 4. The summed E-state index contributed by atoms with van der Waals surface area (Å²) in [4.78, 5) is 0. The molecule has 0 atom stereocenters. The maximum atomic E-state index is 13.4. The van der Waals surface area contributed by atoms with Crippen molar-refractivity contribution in [3.05, 3.63) is 0 Å². The van der Waals surface area contributed by atoms with Crippen LogP contribution in [0.2, 0.25) is 0 Å². The fraction of sp³-hybridized carbons (Fsp3) is 1.00. The lowest BCUT2D eigenvalue weighted by atomic mass is 10.0. The molecule has 0 spiro atoms. The third-order valence-corrected chi connectivity index (χ3v) is 4.13. The Morgan fingerprint density at radius 1 is 0.455 bits per heavy atom. The molecule has 0 aliphatic heterocycles. The lowest BCUT2D eigenvalue weighted by Crippen LogP contribution is -2.15. The van der Waals surface area contributed by atoms with Crippen LogP contribution in [0.5, 0.6) is 0 Å². The van der Waals surface area contributed by atoms with Gasteiger partial charge in [-0.2, -0.15) is 0 Å².